The van der Waals surface area contributed by atoms with E-state index in [1.54, 1.807) is 11.0 Å². The van der Waals surface area contributed by atoms with Crippen LogP contribution >= 0.6 is 34.8 Å². The van der Waals surface area contributed by atoms with Crippen LogP contribution in [-0.4, -0.2) is 17.4 Å². The minimum Gasteiger partial charge on any atom is -0.338 e. The lowest BCUT2D eigenvalue weighted by Gasteiger charge is -2.36. The monoisotopic (exact) mass is 517 g/mol. The number of likely N-dealkylation sites (tertiary alicyclic amines) is 1. The number of carbonyl (C=O) groups is 1. The zero-order chi connectivity index (χ0) is 24.0. The topological polar surface area (TPSA) is 20.3 Å². The maximum absolute atomic E-state index is 13.7. The van der Waals surface area contributed by atoms with Gasteiger partial charge in [-0.05, 0) is 64.9 Å². The second-order valence-electron chi connectivity index (χ2n) is 8.81. The van der Waals surface area contributed by atoms with E-state index in [9.17, 15) is 13.6 Å². The van der Waals surface area contributed by atoms with E-state index in [4.69, 9.17) is 34.8 Å². The van der Waals surface area contributed by atoms with Gasteiger partial charge in [-0.2, -0.15) is 0 Å². The summed E-state index contributed by atoms with van der Waals surface area (Å²) >= 11 is 18.9. The van der Waals surface area contributed by atoms with Crippen molar-refractivity contribution in [2.45, 2.75) is 18.4 Å². The molecule has 1 saturated heterocycles. The molecule has 0 bridgehead atoms. The van der Waals surface area contributed by atoms with E-state index >= 15 is 0 Å². The number of nitrogens with zero attached hydrogens (tertiary/aromatic N) is 1. The van der Waals surface area contributed by atoms with Gasteiger partial charge in [0.25, 0.3) is 0 Å². The molecule has 0 aromatic heterocycles. The number of carbonyl (C=O) groups excluding carboxylic acids is 1. The van der Waals surface area contributed by atoms with Gasteiger partial charge in [0.05, 0.1) is 5.92 Å². The van der Waals surface area contributed by atoms with E-state index in [2.05, 4.69) is 6.08 Å². The summed E-state index contributed by atoms with van der Waals surface area (Å²) in [4.78, 5) is 15.0. The predicted octanol–water partition coefficient (Wildman–Crippen LogP) is 7.64. The first kappa shape index (κ1) is 23.3. The van der Waals surface area contributed by atoms with Crippen molar-refractivity contribution in [2.75, 3.05) is 6.54 Å². The summed E-state index contributed by atoms with van der Waals surface area (Å²) in [5.41, 5.74) is 2.55. The summed E-state index contributed by atoms with van der Waals surface area (Å²) in [6, 6.07) is 16.9. The van der Waals surface area contributed by atoms with Crippen LogP contribution in [0.1, 0.15) is 28.5 Å². The van der Waals surface area contributed by atoms with E-state index in [1.807, 2.05) is 42.5 Å². The van der Waals surface area contributed by atoms with Crippen molar-refractivity contribution in [2.24, 2.45) is 11.8 Å². The fourth-order valence-corrected chi connectivity index (χ4v) is 5.91. The fourth-order valence-electron chi connectivity index (χ4n) is 5.25. The van der Waals surface area contributed by atoms with Crippen LogP contribution in [0.3, 0.4) is 0 Å². The number of allylic oxidation sites excluding steroid dienone is 1. The van der Waals surface area contributed by atoms with Crippen LogP contribution in [-0.2, 0) is 11.3 Å². The zero-order valence-corrected chi connectivity index (χ0v) is 20.2. The number of amides is 1. The molecular formula is C27H20Cl3F2NO. The second kappa shape index (κ2) is 9.33. The molecule has 174 valence electrons. The molecule has 1 amide bonds. The number of fused-ring (bicyclic) bond motifs is 1. The number of benzene rings is 3. The molecule has 2 nitrogen and oxygen atoms in total. The van der Waals surface area contributed by atoms with Gasteiger partial charge >= 0.3 is 0 Å². The van der Waals surface area contributed by atoms with Gasteiger partial charge in [-0.1, -0.05) is 71.2 Å². The predicted molar refractivity (Wildman–Crippen MR) is 131 cm³/mol. The van der Waals surface area contributed by atoms with E-state index in [1.165, 1.54) is 6.07 Å². The summed E-state index contributed by atoms with van der Waals surface area (Å²) in [5, 5.41) is 1.76. The van der Waals surface area contributed by atoms with Crippen molar-refractivity contribution in [3.63, 3.8) is 0 Å². The zero-order valence-electron chi connectivity index (χ0n) is 17.9. The van der Waals surface area contributed by atoms with Gasteiger partial charge in [0, 0.05) is 34.1 Å². The molecule has 0 unspecified atom stereocenters. The largest absolute Gasteiger partial charge is 0.338 e. The van der Waals surface area contributed by atoms with Gasteiger partial charge < -0.3 is 4.90 Å². The number of halogens is 5. The Morgan fingerprint density at radius 2 is 1.53 bits per heavy atom. The highest BCUT2D eigenvalue weighted by molar-refractivity contribution is 6.35. The van der Waals surface area contributed by atoms with Crippen LogP contribution in [0.15, 0.2) is 72.8 Å². The van der Waals surface area contributed by atoms with Crippen LogP contribution in [0.25, 0.3) is 0 Å². The molecule has 34 heavy (non-hydrogen) atoms. The Morgan fingerprint density at radius 1 is 0.824 bits per heavy atom. The molecule has 3 aromatic rings. The Kier molecular flexibility index (Phi) is 6.41. The molecule has 0 N–H and O–H groups in total. The highest BCUT2D eigenvalue weighted by atomic mass is 35.5. The Bertz CT molecular complexity index is 1280. The molecule has 1 fully saturated rings. The van der Waals surface area contributed by atoms with Crippen LogP contribution in [0.4, 0.5) is 8.78 Å². The quantitative estimate of drug-likeness (QED) is 0.325. The first-order valence-electron chi connectivity index (χ1n) is 10.9. The molecule has 2 aliphatic rings. The third-order valence-corrected chi connectivity index (χ3v) is 7.61. The van der Waals surface area contributed by atoms with Crippen LogP contribution in [0, 0.1) is 23.5 Å². The van der Waals surface area contributed by atoms with Gasteiger partial charge in [0.15, 0.2) is 11.6 Å². The lowest BCUT2D eigenvalue weighted by atomic mass is 9.67. The van der Waals surface area contributed by atoms with E-state index in [0.29, 0.717) is 27.2 Å². The number of hydrogen-bond donors (Lipinski definition) is 0. The van der Waals surface area contributed by atoms with Crippen molar-refractivity contribution in [1.82, 2.24) is 4.90 Å². The van der Waals surface area contributed by atoms with Crippen molar-refractivity contribution >= 4 is 40.7 Å². The Balaban J connectivity index is 1.51. The first-order valence-corrected chi connectivity index (χ1v) is 12.1. The molecular weight excluding hydrogens is 499 g/mol. The minimum absolute atomic E-state index is 0.0226. The van der Waals surface area contributed by atoms with Crippen LogP contribution in [0.2, 0.25) is 15.1 Å². The molecule has 3 aromatic carbocycles. The Morgan fingerprint density at radius 3 is 2.24 bits per heavy atom. The van der Waals surface area contributed by atoms with Crippen molar-refractivity contribution in [3.05, 3.63) is 116 Å². The van der Waals surface area contributed by atoms with Crippen molar-refractivity contribution in [1.29, 1.82) is 0 Å². The summed E-state index contributed by atoms with van der Waals surface area (Å²) in [6.45, 7) is 0.707. The van der Waals surface area contributed by atoms with Gasteiger partial charge in [-0.15, -0.1) is 0 Å². The smallest absolute Gasteiger partial charge is 0.230 e. The normalized spacial score (nSPS) is 23.9. The highest BCUT2D eigenvalue weighted by Crippen LogP contribution is 2.51. The fraction of sp³-hybridized carbons (Fsp3) is 0.222. The van der Waals surface area contributed by atoms with Crippen LogP contribution < -0.4 is 0 Å². The molecule has 4 atom stereocenters. The van der Waals surface area contributed by atoms with Gasteiger partial charge in [0.1, 0.15) is 0 Å². The Labute approximate surface area is 211 Å². The van der Waals surface area contributed by atoms with Gasteiger partial charge in [-0.3, -0.25) is 4.79 Å². The highest BCUT2D eigenvalue weighted by Gasteiger charge is 2.48. The second-order valence-corrected chi connectivity index (χ2v) is 10.1. The molecule has 0 saturated carbocycles. The van der Waals surface area contributed by atoms with Crippen molar-refractivity contribution in [3.8, 4) is 0 Å². The van der Waals surface area contributed by atoms with Gasteiger partial charge in [-0.25, -0.2) is 8.78 Å². The standard InChI is InChI=1S/C27H20Cl3F2NO/c28-17-4-2-16(3-5-17)26-20(19-7-6-18(29)12-23(19)30)8-9-21-22(26)14-33(27(21)34)13-15-1-10-24(31)25(32)11-15/h1-12,20-22,26H,13-14H2/t20-,21-,22-,26+/m1/s1. The molecule has 7 heteroatoms. The average molecular weight is 519 g/mol. The Hall–Kier alpha value is -2.40. The molecule has 0 spiro atoms. The van der Waals surface area contributed by atoms with Gasteiger partial charge in [0.2, 0.25) is 5.91 Å². The third-order valence-electron chi connectivity index (χ3n) is 6.80. The molecule has 5 rings (SSSR count). The average Bonchev–Trinajstić information content (AvgIpc) is 3.12. The van der Waals surface area contributed by atoms with Crippen LogP contribution in [0.5, 0.6) is 0 Å². The lowest BCUT2D eigenvalue weighted by Crippen LogP contribution is -2.29. The molecule has 0 radical (unpaired) electrons. The summed E-state index contributed by atoms with van der Waals surface area (Å²) < 4.78 is 27.1. The SMILES string of the molecule is O=C1[C@@H]2C=C[C@H](c3ccc(Cl)cc3Cl)[C@H](c3ccc(Cl)cc3)[C@@H]2CN1Cc1ccc(F)c(F)c1. The first-order chi connectivity index (χ1) is 16.3. The lowest BCUT2D eigenvalue weighted by molar-refractivity contribution is -0.130. The van der Waals surface area contributed by atoms with E-state index in [-0.39, 0.29) is 36.1 Å². The molecule has 1 heterocycles. The maximum atomic E-state index is 13.7. The molecule has 1 aliphatic carbocycles. The number of rotatable bonds is 4. The minimum atomic E-state index is -0.919. The molecule has 1 aliphatic heterocycles. The number of hydrogen-bond acceptors (Lipinski definition) is 1. The third kappa shape index (κ3) is 4.35. The summed E-state index contributed by atoms with van der Waals surface area (Å²) in [7, 11) is 0. The van der Waals surface area contributed by atoms with Crippen molar-refractivity contribution < 1.29 is 13.6 Å². The van der Waals surface area contributed by atoms with E-state index < -0.39 is 11.6 Å². The van der Waals surface area contributed by atoms with E-state index in [0.717, 1.165) is 23.3 Å². The summed E-state index contributed by atoms with van der Waals surface area (Å²) in [5.74, 6) is -2.29. The summed E-state index contributed by atoms with van der Waals surface area (Å²) in [6.07, 6.45) is 4.01. The maximum Gasteiger partial charge on any atom is 0.230 e.